The quantitative estimate of drug-likeness (QED) is 0.310. The van der Waals surface area contributed by atoms with Crippen LogP contribution in [-0.2, 0) is 10.0 Å². The molecule has 0 amide bonds. The lowest BCUT2D eigenvalue weighted by Crippen LogP contribution is -2.38. The van der Waals surface area contributed by atoms with Gasteiger partial charge in [-0.15, -0.1) is 0 Å². The number of nitrogens with one attached hydrogen (secondary N) is 2. The SMILES string of the molecule is N/C(=N\NC(=S)NS(=O)(=O)c1ccccc1)c1cnccn1. The Hall–Kier alpha value is -2.59. The second-order valence-corrected chi connectivity index (χ2v) is 6.04. The van der Waals surface area contributed by atoms with Gasteiger partial charge in [-0.2, -0.15) is 5.10 Å². The van der Waals surface area contributed by atoms with Gasteiger partial charge < -0.3 is 5.73 Å². The first-order valence-corrected chi connectivity index (χ1v) is 7.85. The molecule has 2 rings (SSSR count). The number of aromatic nitrogens is 2. The molecule has 0 bridgehead atoms. The van der Waals surface area contributed by atoms with Crippen molar-refractivity contribution in [3.8, 4) is 0 Å². The van der Waals surface area contributed by atoms with Gasteiger partial charge in [0.25, 0.3) is 10.0 Å². The van der Waals surface area contributed by atoms with Crippen molar-refractivity contribution in [2.24, 2.45) is 10.8 Å². The topological polar surface area (TPSA) is 122 Å². The molecule has 1 aromatic heterocycles. The molecule has 2 aromatic rings. The van der Waals surface area contributed by atoms with Gasteiger partial charge in [0.1, 0.15) is 5.69 Å². The molecule has 0 atom stereocenters. The van der Waals surface area contributed by atoms with Crippen molar-refractivity contribution in [3.05, 3.63) is 54.6 Å². The summed E-state index contributed by atoms with van der Waals surface area (Å²) in [5.41, 5.74) is 8.35. The number of rotatable bonds is 4. The van der Waals surface area contributed by atoms with Crippen molar-refractivity contribution in [1.29, 1.82) is 0 Å². The lowest BCUT2D eigenvalue weighted by molar-refractivity contribution is 0.592. The molecule has 0 aliphatic heterocycles. The van der Waals surface area contributed by atoms with Crippen LogP contribution in [0.5, 0.6) is 0 Å². The zero-order valence-electron chi connectivity index (χ0n) is 11.2. The molecule has 1 heterocycles. The number of nitrogens with two attached hydrogens (primary N) is 1. The summed E-state index contributed by atoms with van der Waals surface area (Å²) in [6.07, 6.45) is 4.36. The monoisotopic (exact) mass is 336 g/mol. The standard InChI is InChI=1S/C12H12N6O2S2/c13-11(10-8-14-6-7-15-10)16-17-12(21)18-22(19,20)9-4-2-1-3-5-9/h1-8H,(H2,13,16)(H2,17,18,21). The highest BCUT2D eigenvalue weighted by atomic mass is 32.2. The molecular formula is C12H12N6O2S2. The van der Waals surface area contributed by atoms with Crippen molar-refractivity contribution in [2.45, 2.75) is 4.90 Å². The van der Waals surface area contributed by atoms with E-state index in [1.54, 1.807) is 18.2 Å². The highest BCUT2D eigenvalue weighted by molar-refractivity contribution is 7.91. The Labute approximate surface area is 132 Å². The summed E-state index contributed by atoms with van der Waals surface area (Å²) in [6, 6.07) is 7.82. The first-order valence-electron chi connectivity index (χ1n) is 5.96. The Morgan fingerprint density at radius 2 is 1.95 bits per heavy atom. The minimum Gasteiger partial charge on any atom is -0.380 e. The summed E-state index contributed by atoms with van der Waals surface area (Å²) >= 11 is 4.87. The minimum absolute atomic E-state index is 0.0226. The smallest absolute Gasteiger partial charge is 0.263 e. The summed E-state index contributed by atoms with van der Waals surface area (Å²) in [5.74, 6) is 0.0226. The highest BCUT2D eigenvalue weighted by Crippen LogP contribution is 2.06. The Bertz CT molecular complexity index is 778. The Balaban J connectivity index is 2.02. The maximum absolute atomic E-state index is 12.0. The summed E-state index contributed by atoms with van der Waals surface area (Å²) < 4.78 is 26.2. The lowest BCUT2D eigenvalue weighted by atomic mass is 10.4. The number of hydrazone groups is 1. The van der Waals surface area contributed by atoms with E-state index in [0.717, 1.165) is 0 Å². The van der Waals surface area contributed by atoms with Gasteiger partial charge >= 0.3 is 0 Å². The second kappa shape index (κ2) is 6.91. The third-order valence-electron chi connectivity index (χ3n) is 2.38. The summed E-state index contributed by atoms with van der Waals surface area (Å²) in [4.78, 5) is 7.86. The summed E-state index contributed by atoms with van der Waals surface area (Å²) in [6.45, 7) is 0. The van der Waals surface area contributed by atoms with E-state index < -0.39 is 10.0 Å². The Kier molecular flexibility index (Phi) is 4.96. The first-order chi connectivity index (χ1) is 10.5. The van der Waals surface area contributed by atoms with E-state index in [-0.39, 0.29) is 15.8 Å². The van der Waals surface area contributed by atoms with Gasteiger partial charge in [-0.3, -0.25) is 15.1 Å². The minimum atomic E-state index is -3.76. The maximum Gasteiger partial charge on any atom is 0.263 e. The molecule has 114 valence electrons. The molecule has 0 aliphatic carbocycles. The summed E-state index contributed by atoms with van der Waals surface area (Å²) in [7, 11) is -3.76. The highest BCUT2D eigenvalue weighted by Gasteiger charge is 2.14. The average molecular weight is 336 g/mol. The zero-order valence-corrected chi connectivity index (χ0v) is 12.8. The normalized spacial score (nSPS) is 11.7. The van der Waals surface area contributed by atoms with Crippen molar-refractivity contribution in [1.82, 2.24) is 20.1 Å². The van der Waals surface area contributed by atoms with Crippen LogP contribution in [0.1, 0.15) is 5.69 Å². The van der Waals surface area contributed by atoms with Crippen LogP contribution >= 0.6 is 12.2 Å². The Morgan fingerprint density at radius 1 is 1.23 bits per heavy atom. The van der Waals surface area contributed by atoms with Gasteiger partial charge in [-0.25, -0.2) is 13.4 Å². The second-order valence-electron chi connectivity index (χ2n) is 3.95. The Morgan fingerprint density at radius 3 is 2.59 bits per heavy atom. The fourth-order valence-corrected chi connectivity index (χ4v) is 2.70. The van der Waals surface area contributed by atoms with Gasteiger partial charge in [-0.1, -0.05) is 18.2 Å². The van der Waals surface area contributed by atoms with E-state index in [0.29, 0.717) is 5.69 Å². The van der Waals surface area contributed by atoms with Crippen LogP contribution in [0.2, 0.25) is 0 Å². The molecule has 0 aliphatic rings. The molecule has 0 radical (unpaired) electrons. The van der Waals surface area contributed by atoms with Crippen LogP contribution < -0.4 is 15.9 Å². The first kappa shape index (κ1) is 15.8. The molecule has 0 unspecified atom stereocenters. The number of amidine groups is 1. The van der Waals surface area contributed by atoms with E-state index in [9.17, 15) is 8.42 Å². The molecule has 8 nitrogen and oxygen atoms in total. The van der Waals surface area contributed by atoms with E-state index >= 15 is 0 Å². The van der Waals surface area contributed by atoms with Gasteiger partial charge in [0.15, 0.2) is 5.84 Å². The molecule has 22 heavy (non-hydrogen) atoms. The fraction of sp³-hybridized carbons (Fsp3) is 0. The van der Waals surface area contributed by atoms with Crippen LogP contribution in [0.15, 0.2) is 58.9 Å². The zero-order chi connectivity index (χ0) is 16.0. The molecule has 0 saturated heterocycles. The number of hydrogen-bond donors (Lipinski definition) is 3. The average Bonchev–Trinajstić information content (AvgIpc) is 2.54. The maximum atomic E-state index is 12.0. The van der Waals surface area contributed by atoms with Gasteiger partial charge in [0.05, 0.1) is 11.1 Å². The number of sulfonamides is 1. The van der Waals surface area contributed by atoms with Crippen molar-refractivity contribution >= 4 is 33.2 Å². The number of benzene rings is 1. The molecular weight excluding hydrogens is 324 g/mol. The van der Waals surface area contributed by atoms with Crippen molar-refractivity contribution in [3.63, 3.8) is 0 Å². The van der Waals surface area contributed by atoms with E-state index in [1.807, 2.05) is 0 Å². The molecule has 0 fully saturated rings. The molecule has 0 saturated carbocycles. The van der Waals surface area contributed by atoms with Gasteiger partial charge in [0.2, 0.25) is 5.11 Å². The van der Waals surface area contributed by atoms with E-state index in [1.165, 1.54) is 30.7 Å². The molecule has 10 heteroatoms. The predicted molar refractivity (Wildman–Crippen MR) is 85.3 cm³/mol. The third-order valence-corrected chi connectivity index (χ3v) is 4.07. The number of nitrogens with zero attached hydrogens (tertiary/aromatic N) is 3. The molecule has 0 spiro atoms. The van der Waals surface area contributed by atoms with Crippen LogP contribution in [0.3, 0.4) is 0 Å². The van der Waals surface area contributed by atoms with E-state index in [4.69, 9.17) is 18.0 Å². The third kappa shape index (κ3) is 4.20. The number of thiocarbonyl (C=S) groups is 1. The van der Waals surface area contributed by atoms with Crippen LogP contribution in [0.4, 0.5) is 0 Å². The van der Waals surface area contributed by atoms with Crippen LogP contribution in [0.25, 0.3) is 0 Å². The fourth-order valence-electron chi connectivity index (χ4n) is 1.40. The van der Waals surface area contributed by atoms with Crippen LogP contribution in [-0.4, -0.2) is 29.3 Å². The molecule has 4 N–H and O–H groups in total. The van der Waals surface area contributed by atoms with E-state index in [2.05, 4.69) is 25.2 Å². The van der Waals surface area contributed by atoms with Crippen molar-refractivity contribution in [2.75, 3.05) is 0 Å². The largest absolute Gasteiger partial charge is 0.380 e. The number of hydrogen-bond acceptors (Lipinski definition) is 6. The predicted octanol–water partition coefficient (Wildman–Crippen LogP) is -0.0501. The lowest BCUT2D eigenvalue weighted by Gasteiger charge is -2.08. The van der Waals surface area contributed by atoms with Gasteiger partial charge in [-0.05, 0) is 24.4 Å². The van der Waals surface area contributed by atoms with Crippen LogP contribution in [0, 0.1) is 0 Å². The van der Waals surface area contributed by atoms with Gasteiger partial charge in [0, 0.05) is 12.4 Å². The summed E-state index contributed by atoms with van der Waals surface area (Å²) in [5, 5.41) is 3.53. The molecule has 1 aromatic carbocycles. The van der Waals surface area contributed by atoms with Crippen molar-refractivity contribution < 1.29 is 8.42 Å².